The number of nitrogens with one attached hydrogen (secondary N) is 1. The first-order chi connectivity index (χ1) is 8.10. The van der Waals surface area contributed by atoms with Gasteiger partial charge in [0.05, 0.1) is 5.25 Å². The molecule has 0 radical (unpaired) electrons. The van der Waals surface area contributed by atoms with Gasteiger partial charge in [0.15, 0.2) is 0 Å². The quantitative estimate of drug-likeness (QED) is 0.777. The van der Waals surface area contributed by atoms with Gasteiger partial charge < -0.3 is 10.1 Å². The molecular formula is C11H22N2O3S. The van der Waals surface area contributed by atoms with E-state index in [1.54, 1.807) is 11.4 Å². The molecule has 1 unspecified atom stereocenters. The van der Waals surface area contributed by atoms with E-state index in [9.17, 15) is 8.42 Å². The second-order valence-corrected chi connectivity index (χ2v) is 7.32. The van der Waals surface area contributed by atoms with Crippen LogP contribution in [0.5, 0.6) is 0 Å². The zero-order valence-corrected chi connectivity index (χ0v) is 11.2. The standard InChI is InChI=1S/C11H22N2O3S/c1-13(9-10-2-5-12-8-10)17(14,15)11-3-6-16-7-4-11/h10-12H,2-9H2,1H3. The lowest BCUT2D eigenvalue weighted by atomic mass is 10.1. The largest absolute Gasteiger partial charge is 0.381 e. The zero-order valence-electron chi connectivity index (χ0n) is 10.4. The van der Waals surface area contributed by atoms with Crippen molar-refractivity contribution in [1.82, 2.24) is 9.62 Å². The Hall–Kier alpha value is -0.170. The third kappa shape index (κ3) is 3.19. The van der Waals surface area contributed by atoms with Gasteiger partial charge in [-0.25, -0.2) is 12.7 Å². The number of rotatable bonds is 4. The fourth-order valence-corrected chi connectivity index (χ4v) is 4.28. The number of ether oxygens (including phenoxy) is 1. The highest BCUT2D eigenvalue weighted by molar-refractivity contribution is 7.89. The Morgan fingerprint density at radius 1 is 1.29 bits per heavy atom. The van der Waals surface area contributed by atoms with Gasteiger partial charge in [-0.3, -0.25) is 0 Å². The highest BCUT2D eigenvalue weighted by Gasteiger charge is 2.32. The average Bonchev–Trinajstić information content (AvgIpc) is 2.83. The van der Waals surface area contributed by atoms with Crippen LogP contribution in [0.15, 0.2) is 0 Å². The molecule has 2 aliphatic rings. The normalized spacial score (nSPS) is 27.8. The van der Waals surface area contributed by atoms with Crippen LogP contribution < -0.4 is 5.32 Å². The van der Waals surface area contributed by atoms with E-state index in [1.807, 2.05) is 0 Å². The molecule has 0 saturated carbocycles. The van der Waals surface area contributed by atoms with Crippen LogP contribution in [0, 0.1) is 5.92 Å². The number of hydrogen-bond acceptors (Lipinski definition) is 4. The van der Waals surface area contributed by atoms with Crippen LogP contribution in [0.3, 0.4) is 0 Å². The van der Waals surface area contributed by atoms with Crippen LogP contribution in [-0.2, 0) is 14.8 Å². The molecule has 17 heavy (non-hydrogen) atoms. The van der Waals surface area contributed by atoms with Gasteiger partial charge >= 0.3 is 0 Å². The van der Waals surface area contributed by atoms with Gasteiger partial charge in [-0.05, 0) is 38.3 Å². The highest BCUT2D eigenvalue weighted by Crippen LogP contribution is 2.20. The van der Waals surface area contributed by atoms with Crippen molar-refractivity contribution < 1.29 is 13.2 Å². The summed E-state index contributed by atoms with van der Waals surface area (Å²) in [4.78, 5) is 0. The number of sulfonamides is 1. The molecule has 1 atom stereocenters. The van der Waals surface area contributed by atoms with Crippen molar-refractivity contribution >= 4 is 10.0 Å². The minimum Gasteiger partial charge on any atom is -0.381 e. The third-order valence-electron chi connectivity index (χ3n) is 3.70. The van der Waals surface area contributed by atoms with Crippen LogP contribution >= 0.6 is 0 Å². The van der Waals surface area contributed by atoms with E-state index < -0.39 is 10.0 Å². The molecule has 0 aliphatic carbocycles. The van der Waals surface area contributed by atoms with Gasteiger partial charge in [0.2, 0.25) is 10.0 Å². The number of hydrogen-bond donors (Lipinski definition) is 1. The summed E-state index contributed by atoms with van der Waals surface area (Å²) < 4.78 is 31.4. The average molecular weight is 262 g/mol. The molecule has 2 aliphatic heterocycles. The maximum Gasteiger partial charge on any atom is 0.216 e. The van der Waals surface area contributed by atoms with Crippen molar-refractivity contribution in [2.75, 3.05) is 39.9 Å². The van der Waals surface area contributed by atoms with Crippen molar-refractivity contribution in [1.29, 1.82) is 0 Å². The molecule has 2 fully saturated rings. The second-order valence-electron chi connectivity index (χ2n) is 5.00. The molecule has 2 heterocycles. The molecule has 1 N–H and O–H groups in total. The first-order valence-electron chi connectivity index (χ1n) is 6.34. The highest BCUT2D eigenvalue weighted by atomic mass is 32.2. The van der Waals surface area contributed by atoms with Gasteiger partial charge in [-0.1, -0.05) is 0 Å². The molecule has 5 nitrogen and oxygen atoms in total. The molecule has 0 spiro atoms. The summed E-state index contributed by atoms with van der Waals surface area (Å²) in [6.07, 6.45) is 2.35. The van der Waals surface area contributed by atoms with Crippen LogP contribution in [0.4, 0.5) is 0 Å². The molecule has 100 valence electrons. The molecule has 0 aromatic rings. The van der Waals surface area contributed by atoms with Gasteiger partial charge in [0.1, 0.15) is 0 Å². The van der Waals surface area contributed by atoms with E-state index in [1.165, 1.54) is 0 Å². The van der Waals surface area contributed by atoms with E-state index >= 15 is 0 Å². The fourth-order valence-electron chi connectivity index (χ4n) is 2.57. The summed E-state index contributed by atoms with van der Waals surface area (Å²) in [7, 11) is -1.41. The van der Waals surface area contributed by atoms with Gasteiger partial charge in [-0.15, -0.1) is 0 Å². The third-order valence-corrected chi connectivity index (χ3v) is 6.03. The molecule has 0 aromatic carbocycles. The maximum absolute atomic E-state index is 12.3. The van der Waals surface area contributed by atoms with Crippen molar-refractivity contribution in [3.63, 3.8) is 0 Å². The monoisotopic (exact) mass is 262 g/mol. The summed E-state index contributed by atoms with van der Waals surface area (Å²) >= 11 is 0. The summed E-state index contributed by atoms with van der Waals surface area (Å²) in [5.74, 6) is 0.467. The Bertz CT molecular complexity index is 333. The predicted molar refractivity (Wildman–Crippen MR) is 66.4 cm³/mol. The molecule has 0 bridgehead atoms. The summed E-state index contributed by atoms with van der Waals surface area (Å²) in [6, 6.07) is 0. The Kier molecular flexibility index (Phi) is 4.41. The molecular weight excluding hydrogens is 240 g/mol. The van der Waals surface area contributed by atoms with Crippen molar-refractivity contribution in [3.8, 4) is 0 Å². The van der Waals surface area contributed by atoms with Crippen molar-refractivity contribution in [2.24, 2.45) is 5.92 Å². The molecule has 0 amide bonds. The van der Waals surface area contributed by atoms with E-state index in [2.05, 4.69) is 5.32 Å². The van der Waals surface area contributed by atoms with Crippen molar-refractivity contribution in [3.05, 3.63) is 0 Å². The first-order valence-corrected chi connectivity index (χ1v) is 7.84. The van der Waals surface area contributed by atoms with E-state index in [0.29, 0.717) is 38.5 Å². The molecule has 6 heteroatoms. The lowest BCUT2D eigenvalue weighted by Gasteiger charge is -2.28. The zero-order chi connectivity index (χ0) is 12.3. The maximum atomic E-state index is 12.3. The lowest BCUT2D eigenvalue weighted by Crippen LogP contribution is -2.41. The van der Waals surface area contributed by atoms with Gasteiger partial charge in [-0.2, -0.15) is 0 Å². The Morgan fingerprint density at radius 3 is 2.59 bits per heavy atom. The summed E-state index contributed by atoms with van der Waals surface area (Å²) in [5, 5.41) is 3.03. The van der Waals surface area contributed by atoms with Crippen LogP contribution in [0.2, 0.25) is 0 Å². The Labute approximate surface area is 104 Å². The number of nitrogens with zero attached hydrogens (tertiary/aromatic N) is 1. The van der Waals surface area contributed by atoms with Crippen LogP contribution in [0.1, 0.15) is 19.3 Å². The topological polar surface area (TPSA) is 58.6 Å². The fraction of sp³-hybridized carbons (Fsp3) is 1.00. The van der Waals surface area contributed by atoms with E-state index in [4.69, 9.17) is 4.74 Å². The lowest BCUT2D eigenvalue weighted by molar-refractivity contribution is 0.0973. The Morgan fingerprint density at radius 2 is 2.00 bits per heavy atom. The molecule has 2 saturated heterocycles. The van der Waals surface area contributed by atoms with Crippen LogP contribution in [0.25, 0.3) is 0 Å². The van der Waals surface area contributed by atoms with E-state index in [-0.39, 0.29) is 5.25 Å². The smallest absolute Gasteiger partial charge is 0.216 e. The minimum atomic E-state index is -3.12. The van der Waals surface area contributed by atoms with Gasteiger partial charge in [0.25, 0.3) is 0 Å². The summed E-state index contributed by atoms with van der Waals surface area (Å²) in [6.45, 7) is 3.74. The first kappa shape index (κ1) is 13.3. The van der Waals surface area contributed by atoms with Crippen LogP contribution in [-0.4, -0.2) is 57.9 Å². The van der Waals surface area contributed by atoms with Gasteiger partial charge in [0, 0.05) is 26.8 Å². The minimum absolute atomic E-state index is 0.240. The molecule has 0 aromatic heterocycles. The van der Waals surface area contributed by atoms with E-state index in [0.717, 1.165) is 19.5 Å². The SMILES string of the molecule is CN(CC1CCNC1)S(=O)(=O)C1CCOCC1. The Balaban J connectivity index is 1.93. The van der Waals surface area contributed by atoms with Crippen molar-refractivity contribution in [2.45, 2.75) is 24.5 Å². The summed E-state index contributed by atoms with van der Waals surface area (Å²) in [5.41, 5.74) is 0. The second kappa shape index (κ2) is 5.65. The predicted octanol–water partition coefficient (Wildman–Crippen LogP) is 0.0365. The molecule has 2 rings (SSSR count).